The van der Waals surface area contributed by atoms with Crippen molar-refractivity contribution in [3.63, 3.8) is 0 Å². The Labute approximate surface area is 145 Å². The molecule has 3 rings (SSSR count). The van der Waals surface area contributed by atoms with Gasteiger partial charge in [-0.05, 0) is 50.9 Å². The molecule has 1 saturated heterocycles. The van der Waals surface area contributed by atoms with E-state index in [0.717, 1.165) is 12.8 Å². The second-order valence-electron chi connectivity index (χ2n) is 7.95. The van der Waals surface area contributed by atoms with Crippen molar-refractivity contribution in [2.45, 2.75) is 69.4 Å². The molecule has 2 aliphatic carbocycles. The number of halogens is 2. The molecular weight excluding hydrogens is 330 g/mol. The van der Waals surface area contributed by atoms with E-state index in [0.29, 0.717) is 38.3 Å². The molecule has 2 N–H and O–H groups in total. The summed E-state index contributed by atoms with van der Waals surface area (Å²) >= 11 is 0. The highest BCUT2D eigenvalue weighted by Gasteiger charge is 2.47. The fraction of sp³-hybridized carbons (Fsp3) is 0.824. The normalized spacial score (nSPS) is 24.2. The Morgan fingerprint density at radius 3 is 2.24 bits per heavy atom. The second-order valence-corrected chi connectivity index (χ2v) is 7.95. The lowest BCUT2D eigenvalue weighted by molar-refractivity contribution is -0.126. The predicted molar refractivity (Wildman–Crippen MR) is 85.8 cm³/mol. The van der Waals surface area contributed by atoms with Crippen molar-refractivity contribution in [1.29, 1.82) is 5.26 Å². The zero-order chi connectivity index (χ0) is 18.3. The number of nitrogens with one attached hydrogen (secondary N) is 2. The molecule has 1 unspecified atom stereocenters. The number of nitrogens with zero attached hydrogens (tertiary/aromatic N) is 2. The zero-order valence-corrected chi connectivity index (χ0v) is 14.4. The van der Waals surface area contributed by atoms with Gasteiger partial charge in [-0.3, -0.25) is 4.79 Å². The van der Waals surface area contributed by atoms with Gasteiger partial charge in [-0.15, -0.1) is 0 Å². The van der Waals surface area contributed by atoms with Gasteiger partial charge in [0.05, 0.1) is 6.07 Å². The van der Waals surface area contributed by atoms with Crippen molar-refractivity contribution in [3.05, 3.63) is 0 Å². The summed E-state index contributed by atoms with van der Waals surface area (Å²) in [5.41, 5.74) is -0.554. The molecule has 138 valence electrons. The van der Waals surface area contributed by atoms with Gasteiger partial charge in [-0.2, -0.15) is 5.26 Å². The number of amides is 3. The first-order valence-corrected chi connectivity index (χ1v) is 8.83. The quantitative estimate of drug-likeness (QED) is 0.793. The molecule has 0 radical (unpaired) electrons. The third-order valence-corrected chi connectivity index (χ3v) is 5.57. The molecule has 3 aliphatic rings. The molecule has 8 heteroatoms. The van der Waals surface area contributed by atoms with Gasteiger partial charge >= 0.3 is 6.03 Å². The first kappa shape index (κ1) is 17.9. The minimum absolute atomic E-state index is 0.398. The summed E-state index contributed by atoms with van der Waals surface area (Å²) in [5, 5.41) is 14.0. The molecule has 1 atom stereocenters. The Bertz CT molecular complexity index is 593. The van der Waals surface area contributed by atoms with Crippen LogP contribution in [0.3, 0.4) is 0 Å². The molecule has 0 bridgehead atoms. The van der Waals surface area contributed by atoms with Crippen LogP contribution in [0, 0.1) is 16.7 Å². The molecule has 1 spiro atoms. The van der Waals surface area contributed by atoms with Gasteiger partial charge in [0.2, 0.25) is 11.8 Å². The van der Waals surface area contributed by atoms with E-state index in [-0.39, 0.29) is 0 Å². The third-order valence-electron chi connectivity index (χ3n) is 5.57. The van der Waals surface area contributed by atoms with Crippen LogP contribution in [0.5, 0.6) is 0 Å². The van der Waals surface area contributed by atoms with Crippen LogP contribution in [0.25, 0.3) is 0 Å². The number of rotatable bonds is 5. The van der Waals surface area contributed by atoms with Gasteiger partial charge in [-0.25, -0.2) is 13.6 Å². The van der Waals surface area contributed by atoms with Crippen molar-refractivity contribution in [3.8, 4) is 6.07 Å². The third kappa shape index (κ3) is 4.39. The zero-order valence-electron chi connectivity index (χ0n) is 14.4. The van der Waals surface area contributed by atoms with Crippen LogP contribution >= 0.6 is 0 Å². The maximum Gasteiger partial charge on any atom is 0.318 e. The van der Waals surface area contributed by atoms with Gasteiger partial charge in [0.15, 0.2) is 0 Å². The minimum atomic E-state index is -3.10. The molecule has 2 saturated carbocycles. The minimum Gasteiger partial charge on any atom is -0.336 e. The lowest BCUT2D eigenvalue weighted by Crippen LogP contribution is -2.55. The maximum atomic E-state index is 13.5. The number of carbonyl (C=O) groups excluding carboxylic acids is 2. The standard InChI is InChI=1S/C17H24F2N4O2/c1-15(18,19)10-12(13(24)22-17(11-20)4-5-17)21-14(25)23-8-6-16(2-3-16)7-9-23/h12H,2-10H2,1H3,(H,21,25)(H,22,24). The van der Waals surface area contributed by atoms with E-state index in [1.165, 1.54) is 12.8 Å². The van der Waals surface area contributed by atoms with E-state index in [9.17, 15) is 18.4 Å². The van der Waals surface area contributed by atoms with E-state index in [1.54, 1.807) is 4.90 Å². The summed E-state index contributed by atoms with van der Waals surface area (Å²) in [4.78, 5) is 26.3. The lowest BCUT2D eigenvalue weighted by atomic mass is 9.94. The number of urea groups is 1. The molecule has 6 nitrogen and oxygen atoms in total. The van der Waals surface area contributed by atoms with E-state index < -0.39 is 35.9 Å². The van der Waals surface area contributed by atoms with Crippen LogP contribution in [0.15, 0.2) is 0 Å². The van der Waals surface area contributed by atoms with E-state index in [2.05, 4.69) is 10.6 Å². The Hall–Kier alpha value is -1.91. The molecular formula is C17H24F2N4O2. The van der Waals surface area contributed by atoms with Crippen molar-refractivity contribution >= 4 is 11.9 Å². The number of hydrogen-bond acceptors (Lipinski definition) is 3. The lowest BCUT2D eigenvalue weighted by Gasteiger charge is -2.33. The first-order valence-electron chi connectivity index (χ1n) is 8.83. The molecule has 1 heterocycles. The smallest absolute Gasteiger partial charge is 0.318 e. The molecule has 3 amide bonds. The number of nitriles is 1. The van der Waals surface area contributed by atoms with Crippen molar-refractivity contribution < 1.29 is 18.4 Å². The van der Waals surface area contributed by atoms with Crippen LogP contribution in [-0.2, 0) is 4.79 Å². The Morgan fingerprint density at radius 2 is 1.80 bits per heavy atom. The number of hydrogen-bond donors (Lipinski definition) is 2. The predicted octanol–water partition coefficient (Wildman–Crippen LogP) is 2.16. The van der Waals surface area contributed by atoms with E-state index >= 15 is 0 Å². The van der Waals surface area contributed by atoms with Crippen molar-refractivity contribution in [2.75, 3.05) is 13.1 Å². The van der Waals surface area contributed by atoms with Crippen LogP contribution in [0.4, 0.5) is 13.6 Å². The average Bonchev–Trinajstić information content (AvgIpc) is 3.45. The van der Waals surface area contributed by atoms with Crippen LogP contribution in [0.1, 0.15) is 51.9 Å². The fourth-order valence-electron chi connectivity index (χ4n) is 3.38. The Morgan fingerprint density at radius 1 is 1.20 bits per heavy atom. The summed E-state index contributed by atoms with van der Waals surface area (Å²) in [6, 6.07) is 0.155. The fourth-order valence-corrected chi connectivity index (χ4v) is 3.38. The average molecular weight is 354 g/mol. The molecule has 0 aromatic heterocycles. The number of piperidine rings is 1. The van der Waals surface area contributed by atoms with Crippen LogP contribution < -0.4 is 10.6 Å². The number of alkyl halides is 2. The molecule has 3 fully saturated rings. The van der Waals surface area contributed by atoms with Gasteiger partial charge in [0, 0.05) is 19.5 Å². The van der Waals surface area contributed by atoms with Crippen LogP contribution in [-0.4, -0.2) is 47.4 Å². The summed E-state index contributed by atoms with van der Waals surface area (Å²) < 4.78 is 26.9. The first-order chi connectivity index (χ1) is 11.7. The summed E-state index contributed by atoms with van der Waals surface area (Å²) in [5.74, 6) is -3.82. The Balaban J connectivity index is 1.59. The topological polar surface area (TPSA) is 85.2 Å². The highest BCUT2D eigenvalue weighted by molar-refractivity contribution is 5.88. The second kappa shape index (κ2) is 6.11. The highest BCUT2D eigenvalue weighted by atomic mass is 19.3. The number of likely N-dealkylation sites (tertiary alicyclic amines) is 1. The molecule has 25 heavy (non-hydrogen) atoms. The Kier molecular flexibility index (Phi) is 4.38. The monoisotopic (exact) mass is 354 g/mol. The van der Waals surface area contributed by atoms with Gasteiger partial charge in [-0.1, -0.05) is 0 Å². The highest BCUT2D eigenvalue weighted by Crippen LogP contribution is 2.53. The summed E-state index contributed by atoms with van der Waals surface area (Å²) in [7, 11) is 0. The number of carbonyl (C=O) groups is 2. The van der Waals surface area contributed by atoms with Gasteiger partial charge in [0.25, 0.3) is 0 Å². The summed E-state index contributed by atoms with van der Waals surface area (Å²) in [6.07, 6.45) is 4.48. The molecule has 0 aromatic rings. The SMILES string of the molecule is CC(F)(F)CC(NC(=O)N1CCC2(CC1)CC2)C(=O)NC1(C#N)CC1. The van der Waals surface area contributed by atoms with Crippen molar-refractivity contribution in [2.24, 2.45) is 5.41 Å². The maximum absolute atomic E-state index is 13.5. The van der Waals surface area contributed by atoms with Crippen LogP contribution in [0.2, 0.25) is 0 Å². The van der Waals surface area contributed by atoms with E-state index in [4.69, 9.17) is 5.26 Å². The summed E-state index contributed by atoms with van der Waals surface area (Å²) in [6.45, 7) is 1.89. The van der Waals surface area contributed by atoms with Gasteiger partial charge < -0.3 is 15.5 Å². The molecule has 1 aliphatic heterocycles. The van der Waals surface area contributed by atoms with Crippen molar-refractivity contribution in [1.82, 2.24) is 15.5 Å². The van der Waals surface area contributed by atoms with Gasteiger partial charge in [0.1, 0.15) is 11.6 Å². The largest absolute Gasteiger partial charge is 0.336 e. The van der Waals surface area contributed by atoms with E-state index in [1.807, 2.05) is 6.07 Å². The molecule has 0 aromatic carbocycles.